The van der Waals surface area contributed by atoms with Crippen LogP contribution in [0.5, 0.6) is 0 Å². The Labute approximate surface area is 104 Å². The van der Waals surface area contributed by atoms with E-state index in [4.69, 9.17) is 0 Å². The molecule has 2 aromatic rings. The van der Waals surface area contributed by atoms with Gasteiger partial charge in [0.2, 0.25) is 0 Å². The van der Waals surface area contributed by atoms with E-state index in [2.05, 4.69) is 56.2 Å². The Morgan fingerprint density at radius 2 is 1.76 bits per heavy atom. The second kappa shape index (κ2) is 4.73. The van der Waals surface area contributed by atoms with Crippen molar-refractivity contribution in [1.29, 1.82) is 0 Å². The summed E-state index contributed by atoms with van der Waals surface area (Å²) in [6, 6.07) is 6.42. The summed E-state index contributed by atoms with van der Waals surface area (Å²) in [6.45, 7) is 11.2. The summed E-state index contributed by atoms with van der Waals surface area (Å²) in [5, 5.41) is 8.47. The van der Waals surface area contributed by atoms with Crippen molar-refractivity contribution in [1.82, 2.24) is 14.8 Å². The van der Waals surface area contributed by atoms with Crippen LogP contribution in [0.2, 0.25) is 0 Å². The lowest BCUT2D eigenvalue weighted by Gasteiger charge is -2.26. The van der Waals surface area contributed by atoms with Crippen molar-refractivity contribution < 1.29 is 0 Å². The Hall–Kier alpha value is -0.950. The molecule has 0 N–H and O–H groups in total. The number of pyridine rings is 1. The maximum absolute atomic E-state index is 4.29. The van der Waals surface area contributed by atoms with Crippen LogP contribution in [0, 0.1) is 6.92 Å². The molecule has 2 heterocycles. The minimum Gasteiger partial charge on any atom is -0.213 e. The Kier molecular flexibility index (Phi) is 3.48. The van der Waals surface area contributed by atoms with Crippen molar-refractivity contribution in [3.8, 4) is 0 Å². The van der Waals surface area contributed by atoms with E-state index in [1.165, 1.54) is 5.44 Å². The average Bonchev–Trinajstić information content (AvgIpc) is 2.61. The van der Waals surface area contributed by atoms with Gasteiger partial charge in [-0.25, -0.2) is 4.52 Å². The van der Waals surface area contributed by atoms with Crippen LogP contribution in [0.3, 0.4) is 0 Å². The summed E-state index contributed by atoms with van der Waals surface area (Å²) in [6.07, 6.45) is 0. The number of fused-ring (bicyclic) bond motifs is 1. The summed E-state index contributed by atoms with van der Waals surface area (Å²) >= 11 is 0. The van der Waals surface area contributed by atoms with Crippen LogP contribution in [0.1, 0.15) is 33.4 Å². The summed E-state index contributed by atoms with van der Waals surface area (Å²) < 4.78 is 2.03. The zero-order valence-corrected chi connectivity index (χ0v) is 12.1. The van der Waals surface area contributed by atoms with Gasteiger partial charge in [0.05, 0.1) is 16.6 Å². The van der Waals surface area contributed by atoms with E-state index < -0.39 is 0 Å². The fourth-order valence-electron chi connectivity index (χ4n) is 2.34. The van der Waals surface area contributed by atoms with E-state index in [-0.39, 0.29) is 7.92 Å². The molecule has 4 heteroatoms. The maximum atomic E-state index is 4.29. The van der Waals surface area contributed by atoms with Gasteiger partial charge in [0.15, 0.2) is 0 Å². The van der Waals surface area contributed by atoms with Crippen LogP contribution in [0.15, 0.2) is 18.2 Å². The molecule has 0 amide bonds. The third-order valence-corrected chi connectivity index (χ3v) is 6.07. The van der Waals surface area contributed by atoms with E-state index in [0.29, 0.717) is 11.3 Å². The van der Waals surface area contributed by atoms with Gasteiger partial charge in [0.25, 0.3) is 0 Å². The van der Waals surface area contributed by atoms with Crippen molar-refractivity contribution in [3.63, 3.8) is 0 Å². The molecule has 0 saturated carbocycles. The molecule has 0 unspecified atom stereocenters. The molecule has 0 aliphatic rings. The van der Waals surface area contributed by atoms with Crippen molar-refractivity contribution >= 4 is 18.9 Å². The lowest BCUT2D eigenvalue weighted by Crippen LogP contribution is -2.21. The first-order valence-corrected chi connectivity index (χ1v) is 7.59. The fourth-order valence-corrected chi connectivity index (χ4v) is 5.22. The molecular weight excluding hydrogens is 229 g/mol. The number of aromatic nitrogens is 3. The molecule has 0 fully saturated rings. The predicted octanol–water partition coefficient (Wildman–Crippen LogP) is 2.96. The average molecular weight is 249 g/mol. The largest absolute Gasteiger partial charge is 0.213 e. The molecular formula is C13H20N3P. The molecule has 0 atom stereocenters. The monoisotopic (exact) mass is 249 g/mol. The number of hydrogen-bond acceptors (Lipinski definition) is 2. The highest BCUT2D eigenvalue weighted by Gasteiger charge is 2.22. The lowest BCUT2D eigenvalue weighted by atomic mass is 10.3. The number of rotatable bonds is 3. The highest BCUT2D eigenvalue weighted by molar-refractivity contribution is 7.66. The van der Waals surface area contributed by atoms with Crippen LogP contribution in [0.25, 0.3) is 5.52 Å². The van der Waals surface area contributed by atoms with E-state index in [1.807, 2.05) is 11.4 Å². The lowest BCUT2D eigenvalue weighted by molar-refractivity contribution is 0.863. The predicted molar refractivity (Wildman–Crippen MR) is 74.6 cm³/mol. The second-order valence-corrected chi connectivity index (χ2v) is 8.29. The minimum absolute atomic E-state index is 0.200. The highest BCUT2D eigenvalue weighted by Crippen LogP contribution is 2.44. The molecule has 0 bridgehead atoms. The normalized spacial score (nSPS) is 12.2. The number of aryl methyl sites for hydroxylation is 1. The van der Waals surface area contributed by atoms with Crippen LogP contribution >= 0.6 is 7.92 Å². The molecule has 0 aliphatic carbocycles. The summed E-state index contributed by atoms with van der Waals surface area (Å²) in [4.78, 5) is 0. The van der Waals surface area contributed by atoms with Crippen molar-refractivity contribution in [2.24, 2.45) is 0 Å². The molecule has 0 radical (unpaired) electrons. The molecule has 17 heavy (non-hydrogen) atoms. The van der Waals surface area contributed by atoms with E-state index >= 15 is 0 Å². The highest BCUT2D eigenvalue weighted by atomic mass is 31.1. The third-order valence-electron chi connectivity index (χ3n) is 2.98. The maximum Gasteiger partial charge on any atom is 0.0901 e. The van der Waals surface area contributed by atoms with Crippen molar-refractivity contribution in [2.45, 2.75) is 45.9 Å². The quantitative estimate of drug-likeness (QED) is 0.783. The smallest absolute Gasteiger partial charge is 0.0901 e. The Morgan fingerprint density at radius 1 is 1.12 bits per heavy atom. The standard InChI is InChI=1S/C13H20N3P/c1-9(2)17(10(3)4)13-8-6-7-12-11(5)14-15-16(12)13/h6-10H,1-5H3. The van der Waals surface area contributed by atoms with Crippen LogP contribution < -0.4 is 5.44 Å². The third kappa shape index (κ3) is 2.21. The first-order valence-electron chi connectivity index (χ1n) is 6.11. The van der Waals surface area contributed by atoms with Gasteiger partial charge in [-0.2, -0.15) is 0 Å². The molecule has 0 aromatic carbocycles. The van der Waals surface area contributed by atoms with Crippen molar-refractivity contribution in [2.75, 3.05) is 0 Å². The first-order chi connectivity index (χ1) is 8.02. The van der Waals surface area contributed by atoms with Gasteiger partial charge < -0.3 is 0 Å². The number of nitrogens with zero attached hydrogens (tertiary/aromatic N) is 3. The van der Waals surface area contributed by atoms with E-state index in [1.54, 1.807) is 0 Å². The van der Waals surface area contributed by atoms with Gasteiger partial charge in [-0.15, -0.1) is 5.10 Å². The SMILES string of the molecule is Cc1nnn2c(P(C(C)C)C(C)C)cccc12. The van der Waals surface area contributed by atoms with Gasteiger partial charge in [-0.1, -0.05) is 39.0 Å². The Bertz CT molecular complexity index is 508. The zero-order valence-electron chi connectivity index (χ0n) is 11.2. The summed E-state index contributed by atoms with van der Waals surface area (Å²) in [5.41, 5.74) is 4.81. The van der Waals surface area contributed by atoms with E-state index in [9.17, 15) is 0 Å². The Balaban J connectivity index is 2.61. The van der Waals surface area contributed by atoms with E-state index in [0.717, 1.165) is 11.2 Å². The Morgan fingerprint density at radius 3 is 2.35 bits per heavy atom. The number of hydrogen-bond donors (Lipinski definition) is 0. The van der Waals surface area contributed by atoms with Crippen LogP contribution in [-0.4, -0.2) is 26.1 Å². The van der Waals surface area contributed by atoms with Crippen LogP contribution in [-0.2, 0) is 0 Å². The van der Waals surface area contributed by atoms with Crippen molar-refractivity contribution in [3.05, 3.63) is 23.9 Å². The van der Waals surface area contributed by atoms with Gasteiger partial charge in [0, 0.05) is 0 Å². The first kappa shape index (κ1) is 12.5. The molecule has 0 saturated heterocycles. The fraction of sp³-hybridized carbons (Fsp3) is 0.538. The zero-order chi connectivity index (χ0) is 12.6. The van der Waals surface area contributed by atoms with Gasteiger partial charge >= 0.3 is 0 Å². The minimum atomic E-state index is -0.200. The molecule has 0 spiro atoms. The molecule has 3 nitrogen and oxygen atoms in total. The topological polar surface area (TPSA) is 30.2 Å². The summed E-state index contributed by atoms with van der Waals surface area (Å²) in [5.74, 6) is 0. The van der Waals surface area contributed by atoms with Gasteiger partial charge in [0.1, 0.15) is 0 Å². The van der Waals surface area contributed by atoms with Gasteiger partial charge in [-0.3, -0.25) is 0 Å². The molecule has 92 valence electrons. The second-order valence-electron chi connectivity index (χ2n) is 4.95. The molecule has 0 aliphatic heterocycles. The summed E-state index contributed by atoms with van der Waals surface area (Å²) in [7, 11) is -0.200. The molecule has 2 rings (SSSR count). The van der Waals surface area contributed by atoms with Crippen LogP contribution in [0.4, 0.5) is 0 Å². The molecule has 2 aromatic heterocycles. The van der Waals surface area contributed by atoms with Gasteiger partial charge in [-0.05, 0) is 38.3 Å².